The maximum atomic E-state index is 5.86. The summed E-state index contributed by atoms with van der Waals surface area (Å²) in [4.78, 5) is 2.50. The van der Waals surface area contributed by atoms with E-state index in [1.54, 1.807) is 6.08 Å². The number of allylic oxidation sites excluding steroid dienone is 3. The fourth-order valence-corrected chi connectivity index (χ4v) is 2.24. The van der Waals surface area contributed by atoms with E-state index in [1.807, 2.05) is 6.08 Å². The van der Waals surface area contributed by atoms with Crippen LogP contribution in [-0.2, 0) is 4.74 Å². The first-order chi connectivity index (χ1) is 10.2. The first-order valence-corrected chi connectivity index (χ1v) is 8.21. The number of rotatable bonds is 9. The third kappa shape index (κ3) is 7.49. The van der Waals surface area contributed by atoms with E-state index in [1.165, 1.54) is 0 Å². The number of nitrogens with zero attached hydrogens (tertiary/aromatic N) is 1. The lowest BCUT2D eigenvalue weighted by atomic mass is 10.1. The van der Waals surface area contributed by atoms with E-state index in [0.717, 1.165) is 51.4 Å². The van der Waals surface area contributed by atoms with Crippen molar-refractivity contribution >= 4 is 0 Å². The Hall–Kier alpha value is -1.06. The molecule has 1 heterocycles. The van der Waals surface area contributed by atoms with Crippen molar-refractivity contribution in [3.05, 3.63) is 36.6 Å². The SMILES string of the molecule is C=C/C=C(\C/C=C\CN1CCNC[C@@H]1C)OCC(C)CC. The highest BCUT2D eigenvalue weighted by Crippen LogP contribution is 2.10. The number of ether oxygens (including phenoxy) is 1. The molecule has 0 aromatic rings. The Morgan fingerprint density at radius 2 is 2.29 bits per heavy atom. The molecule has 0 amide bonds. The van der Waals surface area contributed by atoms with Crippen LogP contribution in [0.4, 0.5) is 0 Å². The fraction of sp³-hybridized carbons (Fsp3) is 0.667. The van der Waals surface area contributed by atoms with Crippen LogP contribution in [0.5, 0.6) is 0 Å². The van der Waals surface area contributed by atoms with Crippen LogP contribution in [0.3, 0.4) is 0 Å². The Kier molecular flexibility index (Phi) is 9.11. The summed E-state index contributed by atoms with van der Waals surface area (Å²) in [6.07, 6.45) is 10.2. The maximum absolute atomic E-state index is 5.86. The second-order valence-electron chi connectivity index (χ2n) is 5.92. The van der Waals surface area contributed by atoms with Crippen molar-refractivity contribution in [3.63, 3.8) is 0 Å². The van der Waals surface area contributed by atoms with E-state index < -0.39 is 0 Å². The van der Waals surface area contributed by atoms with Crippen LogP contribution in [0.1, 0.15) is 33.6 Å². The van der Waals surface area contributed by atoms with Gasteiger partial charge in [0.25, 0.3) is 0 Å². The number of hydrogen-bond donors (Lipinski definition) is 1. The van der Waals surface area contributed by atoms with Crippen LogP contribution in [0.25, 0.3) is 0 Å². The van der Waals surface area contributed by atoms with Gasteiger partial charge in [-0.1, -0.05) is 45.1 Å². The van der Waals surface area contributed by atoms with Gasteiger partial charge in [0.05, 0.1) is 12.4 Å². The average molecular weight is 292 g/mol. The summed E-state index contributed by atoms with van der Waals surface area (Å²) < 4.78 is 5.86. The molecule has 1 aliphatic heterocycles. The van der Waals surface area contributed by atoms with Gasteiger partial charge in [0.1, 0.15) is 0 Å². The summed E-state index contributed by atoms with van der Waals surface area (Å²) in [6, 6.07) is 0.619. The Bertz CT molecular complexity index is 349. The van der Waals surface area contributed by atoms with Gasteiger partial charge in [-0.3, -0.25) is 4.90 Å². The molecule has 3 nitrogen and oxygen atoms in total. The molecule has 0 bridgehead atoms. The Balaban J connectivity index is 2.33. The average Bonchev–Trinajstić information content (AvgIpc) is 2.50. The van der Waals surface area contributed by atoms with Crippen LogP contribution in [0, 0.1) is 5.92 Å². The topological polar surface area (TPSA) is 24.5 Å². The third-order valence-electron chi connectivity index (χ3n) is 4.02. The van der Waals surface area contributed by atoms with E-state index in [0.29, 0.717) is 12.0 Å². The van der Waals surface area contributed by atoms with Crippen molar-refractivity contribution in [2.45, 2.75) is 39.7 Å². The summed E-state index contributed by atoms with van der Waals surface area (Å²) in [6.45, 7) is 15.6. The molecular weight excluding hydrogens is 260 g/mol. The molecule has 3 heteroatoms. The lowest BCUT2D eigenvalue weighted by Gasteiger charge is -2.32. The normalized spacial score (nSPS) is 22.4. The first kappa shape index (κ1) is 18.0. The molecule has 1 unspecified atom stereocenters. The smallest absolute Gasteiger partial charge is 0.0997 e. The van der Waals surface area contributed by atoms with Gasteiger partial charge in [-0.05, 0) is 18.9 Å². The molecular formula is C18H32N2O. The third-order valence-corrected chi connectivity index (χ3v) is 4.02. The number of piperazine rings is 1. The minimum atomic E-state index is 0.601. The second-order valence-corrected chi connectivity index (χ2v) is 5.92. The van der Waals surface area contributed by atoms with E-state index in [2.05, 4.69) is 49.7 Å². The van der Waals surface area contributed by atoms with Crippen LogP contribution in [-0.4, -0.2) is 43.7 Å². The standard InChI is InChI=1S/C18H32N2O/c1-5-9-18(21-15-16(3)6-2)10-7-8-12-20-13-11-19-14-17(20)4/h5,7-9,16-17,19H,1,6,10-15H2,2-4H3/b8-7-,18-9+/t16?,17-/m0/s1. The zero-order valence-corrected chi connectivity index (χ0v) is 14.0. The number of hydrogen-bond acceptors (Lipinski definition) is 3. The monoisotopic (exact) mass is 292 g/mol. The number of nitrogens with one attached hydrogen (secondary N) is 1. The fourth-order valence-electron chi connectivity index (χ4n) is 2.24. The highest BCUT2D eigenvalue weighted by Gasteiger charge is 2.15. The summed E-state index contributed by atoms with van der Waals surface area (Å²) in [7, 11) is 0. The van der Waals surface area contributed by atoms with Gasteiger partial charge >= 0.3 is 0 Å². The molecule has 1 aliphatic rings. The molecule has 21 heavy (non-hydrogen) atoms. The first-order valence-electron chi connectivity index (χ1n) is 8.21. The summed E-state index contributed by atoms with van der Waals surface area (Å²) in [5.41, 5.74) is 0. The predicted molar refractivity (Wildman–Crippen MR) is 91.3 cm³/mol. The molecule has 120 valence electrons. The molecule has 2 atom stereocenters. The van der Waals surface area contributed by atoms with Gasteiger partial charge in [-0.25, -0.2) is 0 Å². The van der Waals surface area contributed by atoms with Gasteiger partial charge in [-0.2, -0.15) is 0 Å². The minimum absolute atomic E-state index is 0.601. The van der Waals surface area contributed by atoms with Crippen LogP contribution >= 0.6 is 0 Å². The Morgan fingerprint density at radius 3 is 2.95 bits per heavy atom. The van der Waals surface area contributed by atoms with Crippen molar-refractivity contribution in [2.24, 2.45) is 5.92 Å². The van der Waals surface area contributed by atoms with Crippen molar-refractivity contribution in [1.82, 2.24) is 10.2 Å². The Morgan fingerprint density at radius 1 is 1.48 bits per heavy atom. The molecule has 0 aliphatic carbocycles. The molecule has 1 rings (SSSR count). The quantitative estimate of drug-likeness (QED) is 0.401. The summed E-state index contributed by atoms with van der Waals surface area (Å²) in [5, 5.41) is 3.42. The van der Waals surface area contributed by atoms with Crippen LogP contribution in [0.15, 0.2) is 36.6 Å². The minimum Gasteiger partial charge on any atom is -0.497 e. The van der Waals surface area contributed by atoms with E-state index in [9.17, 15) is 0 Å². The molecule has 1 fully saturated rings. The molecule has 0 aromatic heterocycles. The van der Waals surface area contributed by atoms with Crippen molar-refractivity contribution in [3.8, 4) is 0 Å². The Labute approximate surface area is 130 Å². The van der Waals surface area contributed by atoms with E-state index in [4.69, 9.17) is 4.74 Å². The highest BCUT2D eigenvalue weighted by atomic mass is 16.5. The predicted octanol–water partition coefficient (Wildman–Crippen LogP) is 3.36. The highest BCUT2D eigenvalue weighted by molar-refractivity contribution is 5.08. The zero-order chi connectivity index (χ0) is 15.5. The lowest BCUT2D eigenvalue weighted by Crippen LogP contribution is -2.49. The van der Waals surface area contributed by atoms with Crippen molar-refractivity contribution in [2.75, 3.05) is 32.8 Å². The maximum Gasteiger partial charge on any atom is 0.0997 e. The van der Waals surface area contributed by atoms with Gasteiger partial charge in [-0.15, -0.1) is 0 Å². The van der Waals surface area contributed by atoms with E-state index >= 15 is 0 Å². The largest absolute Gasteiger partial charge is 0.497 e. The van der Waals surface area contributed by atoms with Gasteiger partial charge < -0.3 is 10.1 Å². The molecule has 1 N–H and O–H groups in total. The molecule has 0 saturated carbocycles. The van der Waals surface area contributed by atoms with Gasteiger partial charge in [0, 0.05) is 38.6 Å². The van der Waals surface area contributed by atoms with Crippen LogP contribution < -0.4 is 5.32 Å². The lowest BCUT2D eigenvalue weighted by molar-refractivity contribution is 0.166. The van der Waals surface area contributed by atoms with Crippen LogP contribution in [0.2, 0.25) is 0 Å². The summed E-state index contributed by atoms with van der Waals surface area (Å²) >= 11 is 0. The molecule has 0 spiro atoms. The van der Waals surface area contributed by atoms with Gasteiger partial charge in [0.2, 0.25) is 0 Å². The molecule has 0 aromatic carbocycles. The van der Waals surface area contributed by atoms with Gasteiger partial charge in [0.15, 0.2) is 0 Å². The molecule has 0 radical (unpaired) electrons. The van der Waals surface area contributed by atoms with Crippen molar-refractivity contribution in [1.29, 1.82) is 0 Å². The van der Waals surface area contributed by atoms with E-state index in [-0.39, 0.29) is 0 Å². The van der Waals surface area contributed by atoms with Crippen molar-refractivity contribution < 1.29 is 4.74 Å². The second kappa shape index (κ2) is 10.6. The molecule has 1 saturated heterocycles. The zero-order valence-electron chi connectivity index (χ0n) is 14.0. The summed E-state index contributed by atoms with van der Waals surface area (Å²) in [5.74, 6) is 1.61.